The lowest BCUT2D eigenvalue weighted by Gasteiger charge is -2.34. The van der Waals surface area contributed by atoms with Gasteiger partial charge in [0.25, 0.3) is 0 Å². The van der Waals surface area contributed by atoms with E-state index in [0.29, 0.717) is 43.8 Å². The third-order valence-corrected chi connectivity index (χ3v) is 5.97. The molecule has 1 N–H and O–H groups in total. The summed E-state index contributed by atoms with van der Waals surface area (Å²) in [6.45, 7) is 9.73. The molecule has 2 saturated heterocycles. The van der Waals surface area contributed by atoms with Crippen LogP contribution in [0.5, 0.6) is 11.5 Å². The fourth-order valence-corrected chi connectivity index (χ4v) is 4.24. The maximum absolute atomic E-state index is 12.4. The molecule has 34 heavy (non-hydrogen) atoms. The Morgan fingerprint density at radius 3 is 2.29 bits per heavy atom. The first-order valence-corrected chi connectivity index (χ1v) is 11.8. The van der Waals surface area contributed by atoms with Crippen molar-refractivity contribution in [2.45, 2.75) is 45.3 Å². The monoisotopic (exact) mass is 473 g/mol. The number of nitrogens with one attached hydrogen (secondary N) is 1. The van der Waals surface area contributed by atoms with Crippen LogP contribution < -0.4 is 19.7 Å². The fourth-order valence-electron chi connectivity index (χ4n) is 4.24. The van der Waals surface area contributed by atoms with E-state index in [1.54, 1.807) is 19.1 Å². The molecule has 2 aliphatic heterocycles. The third-order valence-electron chi connectivity index (χ3n) is 5.97. The zero-order valence-corrected chi connectivity index (χ0v) is 20.7. The average molecular weight is 474 g/mol. The van der Waals surface area contributed by atoms with Gasteiger partial charge >= 0.3 is 6.09 Å². The van der Waals surface area contributed by atoms with E-state index < -0.39 is 5.60 Å². The quantitative estimate of drug-likeness (QED) is 0.701. The minimum Gasteiger partial charge on any atom is -0.493 e. The lowest BCUT2D eigenvalue weighted by molar-refractivity contribution is 0.0210. The highest BCUT2D eigenvalue weighted by Crippen LogP contribution is 2.36. The Balaban J connectivity index is 1.55. The van der Waals surface area contributed by atoms with Crippen molar-refractivity contribution in [1.29, 1.82) is 0 Å². The third kappa shape index (κ3) is 5.55. The number of piperidine rings is 1. The van der Waals surface area contributed by atoms with Crippen LogP contribution in [-0.2, 0) is 9.47 Å². The van der Waals surface area contributed by atoms with Crippen LogP contribution in [0.15, 0.2) is 12.1 Å². The first-order valence-electron chi connectivity index (χ1n) is 11.8. The van der Waals surface area contributed by atoms with Crippen LogP contribution >= 0.6 is 0 Å². The van der Waals surface area contributed by atoms with Gasteiger partial charge < -0.3 is 34.1 Å². The molecule has 0 aliphatic carbocycles. The Morgan fingerprint density at radius 2 is 1.68 bits per heavy atom. The molecule has 2 fully saturated rings. The van der Waals surface area contributed by atoms with Crippen molar-refractivity contribution in [1.82, 2.24) is 14.9 Å². The molecule has 0 atom stereocenters. The number of fused-ring (bicyclic) bond motifs is 1. The number of carbonyl (C=O) groups excluding carboxylic acids is 1. The van der Waals surface area contributed by atoms with Crippen LogP contribution in [-0.4, -0.2) is 86.2 Å². The topological polar surface area (TPSA) is 98.3 Å². The minimum atomic E-state index is -0.495. The number of amides is 1. The van der Waals surface area contributed by atoms with Crippen LogP contribution in [0.3, 0.4) is 0 Å². The van der Waals surface area contributed by atoms with E-state index in [2.05, 4.69) is 10.2 Å². The summed E-state index contributed by atoms with van der Waals surface area (Å²) in [7, 11) is 3.24. The first kappa shape index (κ1) is 24.1. The predicted octanol–water partition coefficient (Wildman–Crippen LogP) is 3.30. The van der Waals surface area contributed by atoms with E-state index >= 15 is 0 Å². The summed E-state index contributed by atoms with van der Waals surface area (Å²) in [6.07, 6.45) is 1.32. The maximum atomic E-state index is 12.4. The zero-order chi connectivity index (χ0) is 24.3. The number of rotatable bonds is 5. The molecular weight excluding hydrogens is 438 g/mol. The van der Waals surface area contributed by atoms with Crippen molar-refractivity contribution >= 4 is 28.8 Å². The molecule has 1 aromatic carbocycles. The van der Waals surface area contributed by atoms with E-state index in [1.807, 2.05) is 32.9 Å². The molecule has 0 radical (unpaired) electrons. The molecule has 0 spiro atoms. The number of anilines is 2. The van der Waals surface area contributed by atoms with Gasteiger partial charge in [0.1, 0.15) is 11.4 Å². The molecule has 4 rings (SSSR count). The van der Waals surface area contributed by atoms with Gasteiger partial charge in [0, 0.05) is 43.7 Å². The SMILES string of the molecule is COc1cc2nc(NC3CCN(C(=O)OC(C)(C)C)CC3)nc(N3CCOCC3)c2cc1OC. The number of likely N-dealkylation sites (tertiary alicyclic amines) is 1. The molecule has 10 heteroatoms. The molecule has 1 aromatic heterocycles. The van der Waals surface area contributed by atoms with Crippen LogP contribution in [0.1, 0.15) is 33.6 Å². The second kappa shape index (κ2) is 10.1. The molecule has 3 heterocycles. The zero-order valence-electron chi connectivity index (χ0n) is 20.7. The summed E-state index contributed by atoms with van der Waals surface area (Å²) in [6, 6.07) is 3.98. The molecule has 0 unspecified atom stereocenters. The Kier molecular flexibility index (Phi) is 7.16. The smallest absolute Gasteiger partial charge is 0.410 e. The largest absolute Gasteiger partial charge is 0.493 e. The van der Waals surface area contributed by atoms with E-state index in [9.17, 15) is 4.79 Å². The Morgan fingerprint density at radius 1 is 1.03 bits per heavy atom. The van der Waals surface area contributed by atoms with Gasteiger partial charge in [0.2, 0.25) is 5.95 Å². The molecule has 186 valence electrons. The number of hydrogen-bond acceptors (Lipinski definition) is 9. The standard InChI is InChI=1S/C24H35N5O5/c1-24(2,3)34-23(30)29-8-6-16(7-9-29)25-22-26-18-15-20(32-5)19(31-4)14-17(18)21(27-22)28-10-12-33-13-11-28/h14-16H,6-13H2,1-5H3,(H,25,26,27). The molecule has 1 amide bonds. The van der Waals surface area contributed by atoms with Gasteiger partial charge in [-0.15, -0.1) is 0 Å². The van der Waals surface area contributed by atoms with Crippen LogP contribution in [0.25, 0.3) is 10.9 Å². The molecule has 2 aromatic rings. The van der Waals surface area contributed by atoms with Crippen molar-refractivity contribution in [3.63, 3.8) is 0 Å². The Labute approximate surface area is 200 Å². The normalized spacial score (nSPS) is 17.6. The summed E-state index contributed by atoms with van der Waals surface area (Å²) in [5.41, 5.74) is 0.285. The highest BCUT2D eigenvalue weighted by Gasteiger charge is 2.28. The predicted molar refractivity (Wildman–Crippen MR) is 130 cm³/mol. The number of methoxy groups -OCH3 is 2. The average Bonchev–Trinajstić information content (AvgIpc) is 2.82. The number of ether oxygens (including phenoxy) is 4. The van der Waals surface area contributed by atoms with Crippen LogP contribution in [0.4, 0.5) is 16.6 Å². The summed E-state index contributed by atoms with van der Waals surface area (Å²) in [5.74, 6) is 2.68. The van der Waals surface area contributed by atoms with E-state index in [0.717, 1.165) is 42.7 Å². The molecule has 0 bridgehead atoms. The van der Waals surface area contributed by atoms with Crippen LogP contribution in [0, 0.1) is 0 Å². The number of benzene rings is 1. The number of morpholine rings is 1. The van der Waals surface area contributed by atoms with Gasteiger partial charge in [-0.05, 0) is 39.7 Å². The van der Waals surface area contributed by atoms with Gasteiger partial charge in [0.05, 0.1) is 33.0 Å². The fraction of sp³-hybridized carbons (Fsp3) is 0.625. The minimum absolute atomic E-state index is 0.161. The highest BCUT2D eigenvalue weighted by atomic mass is 16.6. The van der Waals surface area contributed by atoms with E-state index in [1.165, 1.54) is 0 Å². The van der Waals surface area contributed by atoms with Crippen molar-refractivity contribution in [3.8, 4) is 11.5 Å². The van der Waals surface area contributed by atoms with Crippen molar-refractivity contribution in [2.24, 2.45) is 0 Å². The van der Waals surface area contributed by atoms with Gasteiger partial charge in [-0.1, -0.05) is 0 Å². The lowest BCUT2D eigenvalue weighted by atomic mass is 10.1. The molecule has 2 aliphatic rings. The summed E-state index contributed by atoms with van der Waals surface area (Å²) in [5, 5.41) is 4.40. The van der Waals surface area contributed by atoms with Crippen molar-refractivity contribution in [2.75, 3.05) is 63.8 Å². The van der Waals surface area contributed by atoms with Gasteiger partial charge in [-0.2, -0.15) is 4.98 Å². The van der Waals surface area contributed by atoms with E-state index in [4.69, 9.17) is 28.9 Å². The van der Waals surface area contributed by atoms with Crippen molar-refractivity contribution < 1.29 is 23.7 Å². The second-order valence-corrected chi connectivity index (χ2v) is 9.58. The number of hydrogen-bond donors (Lipinski definition) is 1. The van der Waals surface area contributed by atoms with Gasteiger partial charge in [0.15, 0.2) is 11.5 Å². The number of carbonyl (C=O) groups is 1. The van der Waals surface area contributed by atoms with Crippen LogP contribution in [0.2, 0.25) is 0 Å². The van der Waals surface area contributed by atoms with Gasteiger partial charge in [-0.25, -0.2) is 9.78 Å². The Bertz CT molecular complexity index is 1010. The van der Waals surface area contributed by atoms with Gasteiger partial charge in [-0.3, -0.25) is 0 Å². The number of aromatic nitrogens is 2. The van der Waals surface area contributed by atoms with E-state index in [-0.39, 0.29) is 12.1 Å². The lowest BCUT2D eigenvalue weighted by Crippen LogP contribution is -2.44. The summed E-state index contributed by atoms with van der Waals surface area (Å²) < 4.78 is 22.1. The summed E-state index contributed by atoms with van der Waals surface area (Å²) in [4.78, 5) is 26.1. The maximum Gasteiger partial charge on any atom is 0.410 e. The summed E-state index contributed by atoms with van der Waals surface area (Å²) >= 11 is 0. The highest BCUT2D eigenvalue weighted by molar-refractivity contribution is 5.93. The Hall–Kier alpha value is -3.01. The second-order valence-electron chi connectivity index (χ2n) is 9.58. The van der Waals surface area contributed by atoms with Crippen molar-refractivity contribution in [3.05, 3.63) is 12.1 Å². The first-order chi connectivity index (χ1) is 16.3. The number of nitrogens with zero attached hydrogens (tertiary/aromatic N) is 4. The molecular formula is C24H35N5O5. The molecule has 0 saturated carbocycles. The molecule has 10 nitrogen and oxygen atoms in total.